The Morgan fingerprint density at radius 3 is 2.83 bits per heavy atom. The molecule has 2 aromatic rings. The smallest absolute Gasteiger partial charge is 0.228 e. The average molecular weight is 245 g/mol. The minimum atomic E-state index is -0.246. The highest BCUT2D eigenvalue weighted by atomic mass is 16.5. The standard InChI is InChI=1S/C12H11N3O3/c1-7(6-13)4-11-14-12(15-18-11)8-2-3-9(16)10(17)5-8/h2-3,5,7,16-17H,4H2,1H3. The highest BCUT2D eigenvalue weighted by molar-refractivity contribution is 5.59. The second kappa shape index (κ2) is 4.75. The van der Waals surface area contributed by atoms with Crippen LogP contribution >= 0.6 is 0 Å². The van der Waals surface area contributed by atoms with E-state index < -0.39 is 0 Å². The van der Waals surface area contributed by atoms with E-state index in [9.17, 15) is 10.2 Å². The van der Waals surface area contributed by atoms with Crippen LogP contribution in [0.5, 0.6) is 11.5 Å². The number of rotatable bonds is 3. The van der Waals surface area contributed by atoms with Gasteiger partial charge in [-0.25, -0.2) is 0 Å². The zero-order valence-electron chi connectivity index (χ0n) is 9.66. The molecule has 1 aromatic carbocycles. The number of aromatic nitrogens is 2. The van der Waals surface area contributed by atoms with Crippen LogP contribution in [0.3, 0.4) is 0 Å². The first kappa shape index (κ1) is 11.9. The number of benzene rings is 1. The number of phenolic OH excluding ortho intramolecular Hbond substituents is 2. The molecule has 1 aromatic heterocycles. The third-order valence-corrected chi connectivity index (χ3v) is 2.40. The molecule has 6 nitrogen and oxygen atoms in total. The zero-order valence-corrected chi connectivity index (χ0v) is 9.66. The molecule has 0 saturated heterocycles. The zero-order chi connectivity index (χ0) is 13.1. The molecule has 0 aliphatic heterocycles. The Labute approximate surface area is 103 Å². The van der Waals surface area contributed by atoms with Gasteiger partial charge >= 0.3 is 0 Å². The number of aromatic hydroxyl groups is 2. The summed E-state index contributed by atoms with van der Waals surface area (Å²) in [4.78, 5) is 4.12. The molecule has 6 heteroatoms. The van der Waals surface area contributed by atoms with Crippen LogP contribution in [0, 0.1) is 17.2 Å². The normalized spacial score (nSPS) is 12.0. The van der Waals surface area contributed by atoms with Crippen molar-refractivity contribution in [3.05, 3.63) is 24.1 Å². The SMILES string of the molecule is CC(C#N)Cc1nc(-c2ccc(O)c(O)c2)no1. The molecule has 92 valence electrons. The molecule has 0 fully saturated rings. The molecular formula is C12H11N3O3. The molecule has 0 aliphatic carbocycles. The third-order valence-electron chi connectivity index (χ3n) is 2.40. The maximum absolute atomic E-state index is 9.37. The molecule has 2 N–H and O–H groups in total. The monoisotopic (exact) mass is 245 g/mol. The van der Waals surface area contributed by atoms with Crippen molar-refractivity contribution < 1.29 is 14.7 Å². The van der Waals surface area contributed by atoms with E-state index in [0.717, 1.165) is 0 Å². The van der Waals surface area contributed by atoms with Crippen molar-refractivity contribution >= 4 is 0 Å². The highest BCUT2D eigenvalue weighted by Crippen LogP contribution is 2.29. The predicted octanol–water partition coefficient (Wildman–Crippen LogP) is 1.85. The molecule has 1 heterocycles. The van der Waals surface area contributed by atoms with Gasteiger partial charge in [0.05, 0.1) is 12.0 Å². The second-order valence-electron chi connectivity index (χ2n) is 3.95. The van der Waals surface area contributed by atoms with E-state index in [1.807, 2.05) is 0 Å². The molecule has 2 rings (SSSR count). The van der Waals surface area contributed by atoms with E-state index in [4.69, 9.17) is 9.78 Å². The van der Waals surface area contributed by atoms with Gasteiger partial charge in [-0.3, -0.25) is 0 Å². The molecule has 0 bridgehead atoms. The van der Waals surface area contributed by atoms with Gasteiger partial charge in [-0.1, -0.05) is 5.16 Å². The Morgan fingerprint density at radius 2 is 2.17 bits per heavy atom. The lowest BCUT2D eigenvalue weighted by molar-refractivity contribution is 0.369. The van der Waals surface area contributed by atoms with Crippen molar-refractivity contribution in [1.82, 2.24) is 10.1 Å². The molecule has 1 atom stereocenters. The fourth-order valence-corrected chi connectivity index (χ4v) is 1.43. The molecular weight excluding hydrogens is 234 g/mol. The number of phenols is 2. The lowest BCUT2D eigenvalue weighted by atomic mass is 10.1. The van der Waals surface area contributed by atoms with Gasteiger partial charge in [-0.05, 0) is 25.1 Å². The Balaban J connectivity index is 2.24. The van der Waals surface area contributed by atoms with Gasteiger partial charge < -0.3 is 14.7 Å². The van der Waals surface area contributed by atoms with Gasteiger partial charge in [-0.15, -0.1) is 0 Å². The minimum Gasteiger partial charge on any atom is -0.504 e. The molecule has 1 unspecified atom stereocenters. The van der Waals surface area contributed by atoms with E-state index in [2.05, 4.69) is 16.2 Å². The van der Waals surface area contributed by atoms with Gasteiger partial charge in [0.25, 0.3) is 0 Å². The van der Waals surface area contributed by atoms with Gasteiger partial charge in [0.1, 0.15) is 0 Å². The number of hydrogen-bond acceptors (Lipinski definition) is 6. The Morgan fingerprint density at radius 1 is 1.39 bits per heavy atom. The summed E-state index contributed by atoms with van der Waals surface area (Å²) in [7, 11) is 0. The van der Waals surface area contributed by atoms with Crippen LogP contribution in [0.2, 0.25) is 0 Å². The quantitative estimate of drug-likeness (QED) is 0.800. The summed E-state index contributed by atoms with van der Waals surface area (Å²) in [5.41, 5.74) is 0.532. The summed E-state index contributed by atoms with van der Waals surface area (Å²) in [5, 5.41) is 31.0. The summed E-state index contributed by atoms with van der Waals surface area (Å²) in [6.07, 6.45) is 0.383. The maximum atomic E-state index is 9.37. The van der Waals surface area contributed by atoms with Crippen LogP contribution in [0.15, 0.2) is 22.7 Å². The maximum Gasteiger partial charge on any atom is 0.228 e. The Hall–Kier alpha value is -2.55. The van der Waals surface area contributed by atoms with Crippen molar-refractivity contribution in [2.75, 3.05) is 0 Å². The lowest BCUT2D eigenvalue weighted by Gasteiger charge is -1.98. The number of nitrogens with zero attached hydrogens (tertiary/aromatic N) is 3. The molecule has 0 saturated carbocycles. The number of nitriles is 1. The van der Waals surface area contributed by atoms with Crippen molar-refractivity contribution in [2.45, 2.75) is 13.3 Å². The van der Waals surface area contributed by atoms with Crippen molar-refractivity contribution in [3.8, 4) is 29.0 Å². The first-order valence-corrected chi connectivity index (χ1v) is 5.34. The predicted molar refractivity (Wildman–Crippen MR) is 61.5 cm³/mol. The minimum absolute atomic E-state index is 0.202. The van der Waals surface area contributed by atoms with Crippen LogP contribution in [-0.2, 0) is 6.42 Å². The van der Waals surface area contributed by atoms with E-state index in [-0.39, 0.29) is 17.4 Å². The summed E-state index contributed by atoms with van der Waals surface area (Å²) in [6.45, 7) is 1.76. The third kappa shape index (κ3) is 2.40. The fourth-order valence-electron chi connectivity index (χ4n) is 1.43. The molecule has 0 aliphatic rings. The van der Waals surface area contributed by atoms with Crippen LogP contribution in [-0.4, -0.2) is 20.4 Å². The topological polar surface area (TPSA) is 103 Å². The van der Waals surface area contributed by atoms with E-state index in [0.29, 0.717) is 23.7 Å². The van der Waals surface area contributed by atoms with E-state index in [1.54, 1.807) is 13.0 Å². The van der Waals surface area contributed by atoms with E-state index >= 15 is 0 Å². The van der Waals surface area contributed by atoms with Gasteiger partial charge in [0.15, 0.2) is 11.5 Å². The van der Waals surface area contributed by atoms with Gasteiger partial charge in [-0.2, -0.15) is 10.2 Å². The van der Waals surface area contributed by atoms with Crippen LogP contribution in [0.25, 0.3) is 11.4 Å². The van der Waals surface area contributed by atoms with Crippen LogP contribution in [0.1, 0.15) is 12.8 Å². The molecule has 0 amide bonds. The van der Waals surface area contributed by atoms with Crippen LogP contribution < -0.4 is 0 Å². The number of hydrogen-bond donors (Lipinski definition) is 2. The summed E-state index contributed by atoms with van der Waals surface area (Å²) in [5.74, 6) is 0.0217. The van der Waals surface area contributed by atoms with Crippen molar-refractivity contribution in [1.29, 1.82) is 5.26 Å². The van der Waals surface area contributed by atoms with Crippen molar-refractivity contribution in [3.63, 3.8) is 0 Å². The second-order valence-corrected chi connectivity index (χ2v) is 3.95. The largest absolute Gasteiger partial charge is 0.504 e. The van der Waals surface area contributed by atoms with Crippen LogP contribution in [0.4, 0.5) is 0 Å². The Kier molecular flexibility index (Phi) is 3.15. The average Bonchev–Trinajstić information content (AvgIpc) is 2.81. The van der Waals surface area contributed by atoms with Gasteiger partial charge in [0.2, 0.25) is 11.7 Å². The molecule has 0 spiro atoms. The summed E-state index contributed by atoms with van der Waals surface area (Å²) in [6, 6.07) is 6.34. The fraction of sp³-hybridized carbons (Fsp3) is 0.250. The molecule has 0 radical (unpaired) electrons. The summed E-state index contributed by atoms with van der Waals surface area (Å²) < 4.78 is 5.01. The van der Waals surface area contributed by atoms with Crippen molar-refractivity contribution in [2.24, 2.45) is 5.92 Å². The molecule has 18 heavy (non-hydrogen) atoms. The highest BCUT2D eigenvalue weighted by Gasteiger charge is 2.12. The first-order valence-electron chi connectivity index (χ1n) is 5.34. The Bertz CT molecular complexity index is 601. The van der Waals surface area contributed by atoms with Gasteiger partial charge in [0, 0.05) is 12.0 Å². The first-order chi connectivity index (χ1) is 8.60. The lowest BCUT2D eigenvalue weighted by Crippen LogP contribution is -1.96. The summed E-state index contributed by atoms with van der Waals surface area (Å²) >= 11 is 0. The van der Waals surface area contributed by atoms with E-state index in [1.165, 1.54) is 12.1 Å².